The van der Waals surface area contributed by atoms with Gasteiger partial charge >= 0.3 is 5.97 Å². The lowest BCUT2D eigenvalue weighted by Gasteiger charge is -2.23. The summed E-state index contributed by atoms with van der Waals surface area (Å²) in [6.45, 7) is 3.73. The van der Waals surface area contributed by atoms with Crippen molar-refractivity contribution in [2.75, 3.05) is 13.1 Å². The predicted molar refractivity (Wildman–Crippen MR) is 60.0 cm³/mol. The third kappa shape index (κ3) is 2.21. The first-order chi connectivity index (χ1) is 7.18. The highest BCUT2D eigenvalue weighted by Gasteiger charge is 2.30. The average Bonchev–Trinajstić information content (AvgIpc) is 2.88. The zero-order valence-electron chi connectivity index (χ0n) is 8.72. The van der Waals surface area contributed by atoms with Gasteiger partial charge in [0.1, 0.15) is 0 Å². The van der Waals surface area contributed by atoms with E-state index in [1.54, 1.807) is 11.3 Å². The van der Waals surface area contributed by atoms with Gasteiger partial charge in [0.15, 0.2) is 0 Å². The molecule has 3 nitrogen and oxygen atoms in total. The molecule has 0 saturated carbocycles. The largest absolute Gasteiger partial charge is 0.481 e. The molecule has 1 aromatic heterocycles. The van der Waals surface area contributed by atoms with Crippen LogP contribution >= 0.6 is 11.3 Å². The summed E-state index contributed by atoms with van der Waals surface area (Å²) < 4.78 is 0. The lowest BCUT2D eigenvalue weighted by atomic mass is 10.1. The van der Waals surface area contributed by atoms with Gasteiger partial charge in [0, 0.05) is 12.6 Å². The maximum absolute atomic E-state index is 10.8. The molecular formula is C11H15NO2S. The van der Waals surface area contributed by atoms with Crippen molar-refractivity contribution < 1.29 is 9.90 Å². The van der Waals surface area contributed by atoms with E-state index in [0.29, 0.717) is 12.6 Å². The minimum absolute atomic E-state index is 0.175. The van der Waals surface area contributed by atoms with E-state index in [1.807, 2.05) is 0 Å². The molecule has 1 aromatic rings. The number of hydrogen-bond donors (Lipinski definition) is 1. The van der Waals surface area contributed by atoms with Crippen LogP contribution in [0.1, 0.15) is 24.9 Å². The van der Waals surface area contributed by atoms with Gasteiger partial charge in [0.2, 0.25) is 0 Å². The Balaban J connectivity index is 1.99. The number of carbonyl (C=O) groups is 1. The van der Waals surface area contributed by atoms with Gasteiger partial charge in [-0.2, -0.15) is 11.3 Å². The Morgan fingerprint density at radius 2 is 2.53 bits per heavy atom. The van der Waals surface area contributed by atoms with Crippen LogP contribution in [-0.4, -0.2) is 29.1 Å². The third-order valence-corrected chi connectivity index (χ3v) is 3.84. The van der Waals surface area contributed by atoms with E-state index < -0.39 is 5.97 Å². The molecule has 1 N–H and O–H groups in total. The molecule has 0 radical (unpaired) electrons. The van der Waals surface area contributed by atoms with E-state index in [2.05, 4.69) is 28.7 Å². The molecule has 0 aromatic carbocycles. The van der Waals surface area contributed by atoms with Crippen molar-refractivity contribution in [1.29, 1.82) is 0 Å². The molecule has 2 rings (SSSR count). The fraction of sp³-hybridized carbons (Fsp3) is 0.545. The Bertz CT molecular complexity index is 336. The predicted octanol–water partition coefficient (Wildman–Crippen LogP) is 2.22. The van der Waals surface area contributed by atoms with Crippen molar-refractivity contribution in [3.8, 4) is 0 Å². The first kappa shape index (κ1) is 10.6. The Kier molecular flexibility index (Phi) is 3.07. The number of carboxylic acids is 1. The molecule has 82 valence electrons. The van der Waals surface area contributed by atoms with Crippen LogP contribution in [0.3, 0.4) is 0 Å². The number of rotatable bonds is 3. The molecule has 0 aliphatic carbocycles. The summed E-state index contributed by atoms with van der Waals surface area (Å²) in [5, 5.41) is 13.1. The molecule has 1 fully saturated rings. The molecule has 2 atom stereocenters. The fourth-order valence-electron chi connectivity index (χ4n) is 2.06. The number of thiophene rings is 1. The lowest BCUT2D eigenvalue weighted by Crippen LogP contribution is -2.25. The molecule has 1 aliphatic heterocycles. The first-order valence-electron chi connectivity index (χ1n) is 5.17. The zero-order valence-corrected chi connectivity index (χ0v) is 9.54. The highest BCUT2D eigenvalue weighted by Crippen LogP contribution is 2.28. The zero-order chi connectivity index (χ0) is 10.8. The van der Waals surface area contributed by atoms with Crippen molar-refractivity contribution in [2.45, 2.75) is 19.4 Å². The minimum atomic E-state index is -0.657. The second-order valence-corrected chi connectivity index (χ2v) is 4.83. The molecule has 1 aliphatic rings. The van der Waals surface area contributed by atoms with Crippen LogP contribution in [0.2, 0.25) is 0 Å². The van der Waals surface area contributed by atoms with Crippen LogP contribution in [0, 0.1) is 5.92 Å². The molecule has 2 heterocycles. The summed E-state index contributed by atoms with van der Waals surface area (Å²) in [6.07, 6.45) is 0.782. The van der Waals surface area contributed by atoms with Gasteiger partial charge < -0.3 is 5.11 Å². The second-order valence-electron chi connectivity index (χ2n) is 4.05. The molecule has 2 unspecified atom stereocenters. The highest BCUT2D eigenvalue weighted by molar-refractivity contribution is 7.07. The number of likely N-dealkylation sites (tertiary alicyclic amines) is 1. The Labute approximate surface area is 93.3 Å². The second kappa shape index (κ2) is 4.33. The van der Waals surface area contributed by atoms with Gasteiger partial charge in [-0.05, 0) is 42.3 Å². The number of hydrogen-bond acceptors (Lipinski definition) is 3. The Morgan fingerprint density at radius 3 is 3.07 bits per heavy atom. The van der Waals surface area contributed by atoms with Crippen LogP contribution in [0.5, 0.6) is 0 Å². The molecule has 4 heteroatoms. The number of aliphatic carboxylic acids is 1. The quantitative estimate of drug-likeness (QED) is 0.857. The number of nitrogens with zero attached hydrogens (tertiary/aromatic N) is 1. The lowest BCUT2D eigenvalue weighted by molar-refractivity contribution is -0.141. The van der Waals surface area contributed by atoms with Gasteiger partial charge in [0.25, 0.3) is 0 Å². The fourth-order valence-corrected chi connectivity index (χ4v) is 2.81. The molecule has 0 spiro atoms. The van der Waals surface area contributed by atoms with Crippen LogP contribution in [0.4, 0.5) is 0 Å². The van der Waals surface area contributed by atoms with Gasteiger partial charge in [-0.3, -0.25) is 9.69 Å². The monoisotopic (exact) mass is 225 g/mol. The normalized spacial score (nSPS) is 24.2. The van der Waals surface area contributed by atoms with E-state index in [-0.39, 0.29) is 5.92 Å². The first-order valence-corrected chi connectivity index (χ1v) is 6.11. The smallest absolute Gasteiger partial charge is 0.307 e. The van der Waals surface area contributed by atoms with Crippen molar-refractivity contribution >= 4 is 17.3 Å². The maximum atomic E-state index is 10.8. The van der Waals surface area contributed by atoms with Crippen LogP contribution < -0.4 is 0 Å². The van der Waals surface area contributed by atoms with Crippen molar-refractivity contribution in [1.82, 2.24) is 4.90 Å². The van der Waals surface area contributed by atoms with Gasteiger partial charge in [-0.25, -0.2) is 0 Å². The molecule has 0 bridgehead atoms. The standard InChI is InChI=1S/C11H15NO2S/c1-8(10-3-5-15-7-10)12-4-2-9(6-12)11(13)14/h3,5,7-9H,2,4,6H2,1H3,(H,13,14). The molecule has 15 heavy (non-hydrogen) atoms. The minimum Gasteiger partial charge on any atom is -0.481 e. The van der Waals surface area contributed by atoms with Gasteiger partial charge in [-0.1, -0.05) is 0 Å². The Morgan fingerprint density at radius 1 is 1.73 bits per heavy atom. The van der Waals surface area contributed by atoms with E-state index in [0.717, 1.165) is 13.0 Å². The molecule has 0 amide bonds. The van der Waals surface area contributed by atoms with E-state index in [1.165, 1.54) is 5.56 Å². The summed E-state index contributed by atoms with van der Waals surface area (Å²) in [4.78, 5) is 13.1. The number of carboxylic acid groups (broad SMARTS) is 1. The van der Waals surface area contributed by atoms with E-state index >= 15 is 0 Å². The summed E-state index contributed by atoms with van der Waals surface area (Å²) in [5.41, 5.74) is 1.30. The molecule has 1 saturated heterocycles. The van der Waals surface area contributed by atoms with Crippen LogP contribution in [0.25, 0.3) is 0 Å². The summed E-state index contributed by atoms with van der Waals surface area (Å²) in [7, 11) is 0. The Hall–Kier alpha value is -0.870. The highest BCUT2D eigenvalue weighted by atomic mass is 32.1. The van der Waals surface area contributed by atoms with E-state index in [4.69, 9.17) is 5.11 Å². The summed E-state index contributed by atoms with van der Waals surface area (Å²) in [5.74, 6) is -0.832. The van der Waals surface area contributed by atoms with E-state index in [9.17, 15) is 4.79 Å². The van der Waals surface area contributed by atoms with Crippen molar-refractivity contribution in [3.63, 3.8) is 0 Å². The van der Waals surface area contributed by atoms with Gasteiger partial charge in [0.05, 0.1) is 5.92 Å². The third-order valence-electron chi connectivity index (χ3n) is 3.14. The van der Waals surface area contributed by atoms with Crippen LogP contribution in [-0.2, 0) is 4.79 Å². The summed E-state index contributed by atoms with van der Waals surface area (Å²) in [6, 6.07) is 2.46. The van der Waals surface area contributed by atoms with Crippen molar-refractivity contribution in [2.24, 2.45) is 5.92 Å². The van der Waals surface area contributed by atoms with Crippen molar-refractivity contribution in [3.05, 3.63) is 22.4 Å². The van der Waals surface area contributed by atoms with Crippen LogP contribution in [0.15, 0.2) is 16.8 Å². The SMILES string of the molecule is CC(c1ccsc1)N1CCC(C(=O)O)C1. The van der Waals surface area contributed by atoms with Gasteiger partial charge in [-0.15, -0.1) is 0 Å². The average molecular weight is 225 g/mol. The molecular weight excluding hydrogens is 210 g/mol. The summed E-state index contributed by atoms with van der Waals surface area (Å²) >= 11 is 1.69. The maximum Gasteiger partial charge on any atom is 0.307 e. The topological polar surface area (TPSA) is 40.5 Å².